The third kappa shape index (κ3) is 4.56. The van der Waals surface area contributed by atoms with Gasteiger partial charge in [0.2, 0.25) is 11.0 Å². The van der Waals surface area contributed by atoms with Crippen molar-refractivity contribution in [2.75, 3.05) is 17.2 Å². The van der Waals surface area contributed by atoms with E-state index in [0.29, 0.717) is 24.5 Å². The van der Waals surface area contributed by atoms with Crippen LogP contribution in [0.4, 0.5) is 24.0 Å². The van der Waals surface area contributed by atoms with Crippen LogP contribution < -0.4 is 10.6 Å². The molecule has 150 valence electrons. The number of rotatable bonds is 6. The van der Waals surface area contributed by atoms with E-state index in [9.17, 15) is 18.0 Å². The van der Waals surface area contributed by atoms with E-state index in [1.807, 2.05) is 18.2 Å². The Kier molecular flexibility index (Phi) is 5.23. The fourth-order valence-electron chi connectivity index (χ4n) is 3.12. The molecule has 1 amide bonds. The first-order valence-corrected chi connectivity index (χ1v) is 9.87. The number of hydrogen-bond acceptors (Lipinski definition) is 5. The van der Waals surface area contributed by atoms with E-state index in [2.05, 4.69) is 20.8 Å². The predicted molar refractivity (Wildman–Crippen MR) is 106 cm³/mol. The molecular formula is C20H17F3N4OS. The molecule has 2 N–H and O–H groups in total. The van der Waals surface area contributed by atoms with Crippen LogP contribution in [-0.2, 0) is 23.8 Å². The molecular weight excluding hydrogens is 401 g/mol. The van der Waals surface area contributed by atoms with Gasteiger partial charge in [-0.2, -0.15) is 13.2 Å². The molecule has 1 aromatic heterocycles. The number of carbonyl (C=O) groups excluding carboxylic acids is 1. The summed E-state index contributed by atoms with van der Waals surface area (Å²) in [6.07, 6.45) is -2.51. The quantitative estimate of drug-likeness (QED) is 0.567. The third-order valence-corrected chi connectivity index (χ3v) is 5.53. The van der Waals surface area contributed by atoms with E-state index in [-0.39, 0.29) is 5.91 Å². The minimum atomic E-state index is -4.31. The molecule has 1 aliphatic heterocycles. The molecule has 9 heteroatoms. The number of hydrogen-bond donors (Lipinski definition) is 2. The van der Waals surface area contributed by atoms with Gasteiger partial charge in [-0.05, 0) is 54.3 Å². The number of anilines is 2. The molecule has 3 aromatic rings. The van der Waals surface area contributed by atoms with Crippen LogP contribution >= 0.6 is 11.3 Å². The van der Waals surface area contributed by atoms with Crippen molar-refractivity contribution in [1.29, 1.82) is 0 Å². The number of carbonyl (C=O) groups is 1. The summed E-state index contributed by atoms with van der Waals surface area (Å²) in [5, 5.41) is 15.8. The molecule has 4 rings (SSSR count). The minimum absolute atomic E-state index is 0.00943. The Balaban J connectivity index is 1.29. The molecule has 0 atom stereocenters. The van der Waals surface area contributed by atoms with Crippen LogP contribution in [-0.4, -0.2) is 22.6 Å². The molecule has 0 bridgehead atoms. The Hall–Kier alpha value is -2.94. The van der Waals surface area contributed by atoms with Crippen molar-refractivity contribution in [3.8, 4) is 10.6 Å². The first-order valence-electron chi connectivity index (χ1n) is 9.05. The zero-order valence-electron chi connectivity index (χ0n) is 15.2. The number of amides is 1. The second-order valence-electron chi connectivity index (χ2n) is 6.73. The number of nitrogens with zero attached hydrogens (tertiary/aromatic N) is 2. The number of alkyl halides is 3. The molecule has 2 heterocycles. The molecule has 1 aliphatic rings. The number of aromatic nitrogens is 2. The first-order chi connectivity index (χ1) is 13.9. The van der Waals surface area contributed by atoms with Gasteiger partial charge in [0.15, 0.2) is 0 Å². The summed E-state index contributed by atoms with van der Waals surface area (Å²) in [6, 6.07) is 11.0. The SMILES string of the molecule is O=C1Cc2cc(-c3nnc(NCCCc4ccc(C(F)(F)F)cc4)s3)ccc2N1. The van der Waals surface area contributed by atoms with Gasteiger partial charge in [-0.3, -0.25) is 4.79 Å². The normalized spacial score (nSPS) is 13.3. The summed E-state index contributed by atoms with van der Waals surface area (Å²) in [4.78, 5) is 11.5. The summed E-state index contributed by atoms with van der Waals surface area (Å²) >= 11 is 1.42. The van der Waals surface area contributed by atoms with Crippen molar-refractivity contribution in [2.45, 2.75) is 25.4 Å². The topological polar surface area (TPSA) is 66.9 Å². The first kappa shape index (κ1) is 19.4. The Morgan fingerprint density at radius 3 is 2.66 bits per heavy atom. The van der Waals surface area contributed by atoms with E-state index in [0.717, 1.165) is 45.9 Å². The number of halogens is 3. The van der Waals surface area contributed by atoms with Crippen LogP contribution in [0.3, 0.4) is 0 Å². The molecule has 0 saturated carbocycles. The molecule has 0 radical (unpaired) electrons. The summed E-state index contributed by atoms with van der Waals surface area (Å²) in [7, 11) is 0. The summed E-state index contributed by atoms with van der Waals surface area (Å²) in [6.45, 7) is 0.637. The van der Waals surface area contributed by atoms with Crippen molar-refractivity contribution in [1.82, 2.24) is 10.2 Å². The smallest absolute Gasteiger partial charge is 0.360 e. The maximum Gasteiger partial charge on any atom is 0.416 e. The molecule has 29 heavy (non-hydrogen) atoms. The predicted octanol–water partition coefficient (Wildman–Crippen LogP) is 4.76. The van der Waals surface area contributed by atoms with Gasteiger partial charge < -0.3 is 10.6 Å². The fourth-order valence-corrected chi connectivity index (χ4v) is 3.89. The van der Waals surface area contributed by atoms with Crippen LogP contribution in [0.1, 0.15) is 23.1 Å². The third-order valence-electron chi connectivity index (χ3n) is 4.60. The van der Waals surface area contributed by atoms with Crippen molar-refractivity contribution in [3.05, 3.63) is 59.2 Å². The van der Waals surface area contributed by atoms with E-state index in [1.54, 1.807) is 0 Å². The lowest BCUT2D eigenvalue weighted by molar-refractivity contribution is -0.137. The molecule has 0 unspecified atom stereocenters. The molecule has 0 aliphatic carbocycles. The van der Waals surface area contributed by atoms with Gasteiger partial charge in [-0.15, -0.1) is 10.2 Å². The number of benzene rings is 2. The van der Waals surface area contributed by atoms with Crippen LogP contribution in [0.2, 0.25) is 0 Å². The molecule has 0 saturated heterocycles. The highest BCUT2D eigenvalue weighted by atomic mass is 32.1. The standard InChI is InChI=1S/C20H17F3N4OS/c21-20(22,23)15-6-3-12(4-7-15)2-1-9-24-19-27-26-18(29-19)13-5-8-16-14(10-13)11-17(28)25-16/h3-8,10H,1-2,9,11H2,(H,24,27)(H,25,28). The van der Waals surface area contributed by atoms with Crippen LogP contribution in [0, 0.1) is 0 Å². The van der Waals surface area contributed by atoms with E-state index in [4.69, 9.17) is 0 Å². The van der Waals surface area contributed by atoms with Gasteiger partial charge >= 0.3 is 6.18 Å². The van der Waals surface area contributed by atoms with Crippen molar-refractivity contribution in [3.63, 3.8) is 0 Å². The summed E-state index contributed by atoms with van der Waals surface area (Å²) in [5.74, 6) is -0.00943. The Labute approximate surface area is 169 Å². The molecule has 5 nitrogen and oxygen atoms in total. The second kappa shape index (κ2) is 7.82. The maximum absolute atomic E-state index is 12.6. The number of aryl methyl sites for hydroxylation is 1. The largest absolute Gasteiger partial charge is 0.416 e. The average molecular weight is 418 g/mol. The number of fused-ring (bicyclic) bond motifs is 1. The van der Waals surface area contributed by atoms with Gasteiger partial charge in [0, 0.05) is 17.8 Å². The molecule has 2 aromatic carbocycles. The van der Waals surface area contributed by atoms with E-state index in [1.165, 1.54) is 23.5 Å². The lowest BCUT2D eigenvalue weighted by atomic mass is 10.1. The maximum atomic E-state index is 12.6. The minimum Gasteiger partial charge on any atom is -0.360 e. The monoisotopic (exact) mass is 418 g/mol. The Bertz CT molecular complexity index is 1030. The van der Waals surface area contributed by atoms with Gasteiger partial charge in [-0.1, -0.05) is 23.5 Å². The van der Waals surface area contributed by atoms with Gasteiger partial charge in [-0.25, -0.2) is 0 Å². The molecule has 0 fully saturated rings. The van der Waals surface area contributed by atoms with Crippen LogP contribution in [0.25, 0.3) is 10.6 Å². The van der Waals surface area contributed by atoms with Crippen molar-refractivity contribution in [2.24, 2.45) is 0 Å². The highest BCUT2D eigenvalue weighted by molar-refractivity contribution is 7.18. The summed E-state index contributed by atoms with van der Waals surface area (Å²) in [5.41, 5.74) is 2.93. The molecule has 0 spiro atoms. The zero-order valence-corrected chi connectivity index (χ0v) is 16.0. The highest BCUT2D eigenvalue weighted by Gasteiger charge is 2.29. The van der Waals surface area contributed by atoms with Crippen molar-refractivity contribution < 1.29 is 18.0 Å². The van der Waals surface area contributed by atoms with Gasteiger partial charge in [0.05, 0.1) is 12.0 Å². The Morgan fingerprint density at radius 2 is 1.90 bits per heavy atom. The highest BCUT2D eigenvalue weighted by Crippen LogP contribution is 2.32. The van der Waals surface area contributed by atoms with Gasteiger partial charge in [0.25, 0.3) is 0 Å². The number of nitrogens with one attached hydrogen (secondary N) is 2. The van der Waals surface area contributed by atoms with Crippen LogP contribution in [0.15, 0.2) is 42.5 Å². The van der Waals surface area contributed by atoms with E-state index < -0.39 is 11.7 Å². The second-order valence-corrected chi connectivity index (χ2v) is 7.71. The Morgan fingerprint density at radius 1 is 1.10 bits per heavy atom. The van der Waals surface area contributed by atoms with Gasteiger partial charge in [0.1, 0.15) is 5.01 Å². The van der Waals surface area contributed by atoms with E-state index >= 15 is 0 Å². The lowest BCUT2D eigenvalue weighted by Crippen LogP contribution is -2.05. The summed E-state index contributed by atoms with van der Waals surface area (Å²) < 4.78 is 37.7. The lowest BCUT2D eigenvalue weighted by Gasteiger charge is -2.07. The fraction of sp³-hybridized carbons (Fsp3) is 0.250. The van der Waals surface area contributed by atoms with Crippen molar-refractivity contribution >= 4 is 28.1 Å². The zero-order chi connectivity index (χ0) is 20.4. The average Bonchev–Trinajstić information content (AvgIpc) is 3.30. The van der Waals surface area contributed by atoms with Crippen LogP contribution in [0.5, 0.6) is 0 Å².